The molecule has 2 atom stereocenters. The highest BCUT2D eigenvalue weighted by Gasteiger charge is 2.32. The van der Waals surface area contributed by atoms with E-state index in [2.05, 4.69) is 10.3 Å². The first-order valence-electron chi connectivity index (χ1n) is 6.81. The lowest BCUT2D eigenvalue weighted by Gasteiger charge is -2.26. The normalized spacial score (nSPS) is 22.2. The number of hydrogen-bond donors (Lipinski definition) is 2. The monoisotopic (exact) mass is 298 g/mol. The molecule has 2 rings (SSSR count). The molecule has 1 aromatic rings. The van der Waals surface area contributed by atoms with Gasteiger partial charge in [-0.1, -0.05) is 11.3 Å². The number of likely N-dealkylation sites (N-methyl/N-ethyl adjacent to an activating group) is 1. The molecule has 7 heteroatoms. The maximum atomic E-state index is 12.5. The van der Waals surface area contributed by atoms with Crippen LogP contribution in [0.2, 0.25) is 0 Å². The average Bonchev–Trinajstić information content (AvgIpc) is 2.93. The third kappa shape index (κ3) is 3.04. The van der Waals surface area contributed by atoms with Crippen molar-refractivity contribution in [2.75, 3.05) is 24.7 Å². The molecule has 2 unspecified atom stereocenters. The lowest BCUT2D eigenvalue weighted by molar-refractivity contribution is 0.0579. The Bertz CT molecular complexity index is 489. The van der Waals surface area contributed by atoms with Gasteiger partial charge in [0.1, 0.15) is 10.7 Å². The second-order valence-corrected chi connectivity index (χ2v) is 6.38. The maximum Gasteiger partial charge on any atom is 0.267 e. The van der Waals surface area contributed by atoms with Crippen molar-refractivity contribution in [2.24, 2.45) is 0 Å². The number of rotatable bonds is 4. The van der Waals surface area contributed by atoms with Crippen LogP contribution in [-0.2, 0) is 4.74 Å². The van der Waals surface area contributed by atoms with Crippen LogP contribution in [0.15, 0.2) is 0 Å². The number of hydrogen-bond acceptors (Lipinski definition) is 6. The molecule has 1 aliphatic rings. The third-order valence-corrected chi connectivity index (χ3v) is 4.40. The molecule has 0 spiro atoms. The van der Waals surface area contributed by atoms with Gasteiger partial charge in [-0.3, -0.25) is 4.79 Å². The van der Waals surface area contributed by atoms with Crippen LogP contribution in [0.1, 0.15) is 36.9 Å². The Hall–Kier alpha value is -1.34. The van der Waals surface area contributed by atoms with Gasteiger partial charge in [-0.25, -0.2) is 4.98 Å². The molecule has 1 saturated heterocycles. The van der Waals surface area contributed by atoms with Gasteiger partial charge in [0.05, 0.1) is 12.1 Å². The number of nitrogen functional groups attached to an aromatic ring is 1. The molecule has 0 aliphatic carbocycles. The minimum atomic E-state index is -0.0841. The molecule has 0 bridgehead atoms. The van der Waals surface area contributed by atoms with E-state index >= 15 is 0 Å². The first kappa shape index (κ1) is 15.1. The summed E-state index contributed by atoms with van der Waals surface area (Å²) in [5.41, 5.74) is 5.87. The number of amides is 1. The predicted molar refractivity (Wildman–Crippen MR) is 81.2 cm³/mol. The fraction of sp³-hybridized carbons (Fsp3) is 0.692. The Balaban J connectivity index is 2.14. The van der Waals surface area contributed by atoms with Crippen molar-refractivity contribution in [3.8, 4) is 0 Å². The van der Waals surface area contributed by atoms with Gasteiger partial charge < -0.3 is 20.7 Å². The minimum Gasteiger partial charge on any atom is -0.382 e. The number of nitrogens with zero attached hydrogens (tertiary/aromatic N) is 2. The molecule has 3 N–H and O–H groups in total. The van der Waals surface area contributed by atoms with Gasteiger partial charge in [-0.15, -0.1) is 0 Å². The molecule has 2 heterocycles. The molecule has 1 amide bonds. The molecule has 0 aromatic carbocycles. The van der Waals surface area contributed by atoms with Crippen molar-refractivity contribution >= 4 is 28.2 Å². The van der Waals surface area contributed by atoms with Gasteiger partial charge >= 0.3 is 0 Å². The lowest BCUT2D eigenvalue weighted by Crippen LogP contribution is -2.40. The van der Waals surface area contributed by atoms with Crippen LogP contribution in [-0.4, -0.2) is 47.6 Å². The Kier molecular flexibility index (Phi) is 4.49. The van der Waals surface area contributed by atoms with E-state index in [-0.39, 0.29) is 24.1 Å². The highest BCUT2D eigenvalue weighted by atomic mass is 32.1. The zero-order chi connectivity index (χ0) is 14.9. The molecule has 20 heavy (non-hydrogen) atoms. The summed E-state index contributed by atoms with van der Waals surface area (Å²) in [5, 5.41) is 3.86. The SMILES string of the molecule is CC(C)Nc1nc(N)c(C(=O)N(C)C2CCOC2C)s1. The molecule has 1 aromatic heterocycles. The highest BCUT2D eigenvalue weighted by Crippen LogP contribution is 2.28. The van der Waals surface area contributed by atoms with Crippen molar-refractivity contribution in [2.45, 2.75) is 45.4 Å². The average molecular weight is 298 g/mol. The number of nitrogens with one attached hydrogen (secondary N) is 1. The molecular formula is C13H22N4O2S. The quantitative estimate of drug-likeness (QED) is 0.886. The van der Waals surface area contributed by atoms with Crippen LogP contribution in [0, 0.1) is 0 Å². The van der Waals surface area contributed by atoms with Crippen LogP contribution in [0.5, 0.6) is 0 Å². The maximum absolute atomic E-state index is 12.5. The molecular weight excluding hydrogens is 276 g/mol. The number of carbonyl (C=O) groups is 1. The van der Waals surface area contributed by atoms with Gasteiger partial charge in [0, 0.05) is 19.7 Å². The number of aromatic nitrogens is 1. The van der Waals surface area contributed by atoms with E-state index < -0.39 is 0 Å². The largest absolute Gasteiger partial charge is 0.382 e. The fourth-order valence-electron chi connectivity index (χ4n) is 2.33. The summed E-state index contributed by atoms with van der Waals surface area (Å²) in [5.74, 6) is 0.209. The minimum absolute atomic E-state index is 0.0614. The van der Waals surface area contributed by atoms with E-state index in [9.17, 15) is 4.79 Å². The van der Waals surface area contributed by atoms with Crippen molar-refractivity contribution in [3.05, 3.63) is 4.88 Å². The number of anilines is 2. The van der Waals surface area contributed by atoms with Crippen molar-refractivity contribution in [1.82, 2.24) is 9.88 Å². The molecule has 6 nitrogen and oxygen atoms in total. The predicted octanol–water partition coefficient (Wildman–Crippen LogP) is 1.79. The van der Waals surface area contributed by atoms with Gasteiger partial charge in [0.2, 0.25) is 0 Å². The fourth-order valence-corrected chi connectivity index (χ4v) is 3.35. The van der Waals surface area contributed by atoms with Crippen LogP contribution in [0.25, 0.3) is 0 Å². The van der Waals surface area contributed by atoms with Crippen LogP contribution < -0.4 is 11.1 Å². The standard InChI is InChI=1S/C13H22N4O2S/c1-7(2)15-13-16-11(14)10(20-13)12(18)17(4)9-5-6-19-8(9)3/h7-9H,5-6,14H2,1-4H3,(H,15,16). The molecule has 1 fully saturated rings. The van der Waals surface area contributed by atoms with Crippen molar-refractivity contribution < 1.29 is 9.53 Å². The summed E-state index contributed by atoms with van der Waals surface area (Å²) in [6.07, 6.45) is 0.922. The van der Waals surface area contributed by atoms with Gasteiger partial charge in [-0.2, -0.15) is 0 Å². The number of thiazole rings is 1. The molecule has 0 radical (unpaired) electrons. The topological polar surface area (TPSA) is 80.5 Å². The second kappa shape index (κ2) is 5.97. The van der Waals surface area contributed by atoms with E-state index in [1.165, 1.54) is 11.3 Å². The summed E-state index contributed by atoms with van der Waals surface area (Å²) in [6.45, 7) is 6.72. The van der Waals surface area contributed by atoms with E-state index in [4.69, 9.17) is 10.5 Å². The Morgan fingerprint density at radius 3 is 2.85 bits per heavy atom. The zero-order valence-electron chi connectivity index (χ0n) is 12.3. The van der Waals surface area contributed by atoms with E-state index in [0.717, 1.165) is 6.42 Å². The summed E-state index contributed by atoms with van der Waals surface area (Å²) < 4.78 is 5.51. The van der Waals surface area contributed by atoms with Crippen LogP contribution in [0.4, 0.5) is 10.9 Å². The van der Waals surface area contributed by atoms with Gasteiger partial charge in [0.25, 0.3) is 5.91 Å². The van der Waals surface area contributed by atoms with Crippen LogP contribution >= 0.6 is 11.3 Å². The van der Waals surface area contributed by atoms with E-state index in [1.807, 2.05) is 20.8 Å². The smallest absolute Gasteiger partial charge is 0.267 e. The number of nitrogens with two attached hydrogens (primary N) is 1. The third-order valence-electron chi connectivity index (χ3n) is 3.41. The Morgan fingerprint density at radius 1 is 1.60 bits per heavy atom. The molecule has 0 saturated carbocycles. The summed E-state index contributed by atoms with van der Waals surface area (Å²) in [7, 11) is 1.80. The Labute approximate surface area is 123 Å². The summed E-state index contributed by atoms with van der Waals surface area (Å²) in [6, 6.07) is 0.356. The zero-order valence-corrected chi connectivity index (χ0v) is 13.2. The summed E-state index contributed by atoms with van der Waals surface area (Å²) in [4.78, 5) is 19.0. The van der Waals surface area contributed by atoms with E-state index in [1.54, 1.807) is 11.9 Å². The first-order chi connectivity index (χ1) is 9.40. The first-order valence-corrected chi connectivity index (χ1v) is 7.63. The Morgan fingerprint density at radius 2 is 2.30 bits per heavy atom. The number of carbonyl (C=O) groups excluding carboxylic acids is 1. The van der Waals surface area contributed by atoms with Crippen molar-refractivity contribution in [1.29, 1.82) is 0 Å². The van der Waals surface area contributed by atoms with Gasteiger partial charge in [-0.05, 0) is 27.2 Å². The van der Waals surface area contributed by atoms with Gasteiger partial charge in [0.15, 0.2) is 5.13 Å². The summed E-state index contributed by atoms with van der Waals surface area (Å²) >= 11 is 1.31. The van der Waals surface area contributed by atoms with Crippen LogP contribution in [0.3, 0.4) is 0 Å². The second-order valence-electron chi connectivity index (χ2n) is 5.38. The molecule has 1 aliphatic heterocycles. The lowest BCUT2D eigenvalue weighted by atomic mass is 10.1. The molecule has 112 valence electrons. The number of ether oxygens (including phenoxy) is 1. The van der Waals surface area contributed by atoms with Crippen molar-refractivity contribution in [3.63, 3.8) is 0 Å². The van der Waals surface area contributed by atoms with E-state index in [0.29, 0.717) is 22.4 Å². The highest BCUT2D eigenvalue weighted by molar-refractivity contribution is 7.18.